The first-order valence-electron chi connectivity index (χ1n) is 4.86. The Bertz CT molecular complexity index is 248. The maximum atomic E-state index is 10.6. The minimum absolute atomic E-state index is 0.231. The normalized spacial score (nSPS) is 16.7. The SMILES string of the molecule is COC(C)(CCC(=O)Cl)N=NC(C)(C)C. The van der Waals surface area contributed by atoms with Crippen LogP contribution in [0.2, 0.25) is 0 Å². The van der Waals surface area contributed by atoms with Gasteiger partial charge in [0.05, 0.1) is 5.54 Å². The minimum atomic E-state index is -0.766. The van der Waals surface area contributed by atoms with Crippen molar-refractivity contribution in [2.45, 2.75) is 51.8 Å². The average molecular weight is 235 g/mol. The van der Waals surface area contributed by atoms with Gasteiger partial charge in [-0.3, -0.25) is 4.79 Å². The number of nitrogens with zero attached hydrogens (tertiary/aromatic N) is 2. The molecule has 0 aliphatic rings. The number of azo groups is 1. The fourth-order valence-corrected chi connectivity index (χ4v) is 0.873. The summed E-state index contributed by atoms with van der Waals surface area (Å²) >= 11 is 5.26. The summed E-state index contributed by atoms with van der Waals surface area (Å²) in [6, 6.07) is 0. The van der Waals surface area contributed by atoms with E-state index in [0.717, 1.165) is 0 Å². The summed E-state index contributed by atoms with van der Waals surface area (Å²) in [4.78, 5) is 10.6. The molecule has 0 bridgehead atoms. The molecule has 0 radical (unpaired) electrons. The van der Waals surface area contributed by atoms with Crippen molar-refractivity contribution < 1.29 is 9.53 Å². The molecule has 1 atom stereocenters. The maximum Gasteiger partial charge on any atom is 0.221 e. The third-order valence-corrected chi connectivity index (χ3v) is 1.98. The van der Waals surface area contributed by atoms with E-state index in [-0.39, 0.29) is 17.2 Å². The molecule has 4 nitrogen and oxygen atoms in total. The van der Waals surface area contributed by atoms with E-state index < -0.39 is 5.72 Å². The highest BCUT2D eigenvalue weighted by Gasteiger charge is 2.24. The molecule has 0 N–H and O–H groups in total. The van der Waals surface area contributed by atoms with Gasteiger partial charge in [0.15, 0.2) is 5.72 Å². The zero-order valence-electron chi connectivity index (χ0n) is 10.0. The summed E-state index contributed by atoms with van der Waals surface area (Å²) in [6.45, 7) is 7.61. The highest BCUT2D eigenvalue weighted by atomic mass is 35.5. The third-order valence-electron chi connectivity index (χ3n) is 1.79. The smallest absolute Gasteiger partial charge is 0.221 e. The van der Waals surface area contributed by atoms with Crippen LogP contribution in [0.5, 0.6) is 0 Å². The van der Waals surface area contributed by atoms with E-state index in [0.29, 0.717) is 6.42 Å². The van der Waals surface area contributed by atoms with Gasteiger partial charge in [0.2, 0.25) is 5.24 Å². The average Bonchev–Trinajstić information content (AvgIpc) is 2.10. The van der Waals surface area contributed by atoms with Crippen molar-refractivity contribution in [3.63, 3.8) is 0 Å². The molecule has 0 saturated carbocycles. The van der Waals surface area contributed by atoms with Crippen LogP contribution >= 0.6 is 11.6 Å². The fourth-order valence-electron chi connectivity index (χ4n) is 0.779. The van der Waals surface area contributed by atoms with Crippen LogP contribution in [0.1, 0.15) is 40.5 Å². The van der Waals surface area contributed by atoms with Crippen molar-refractivity contribution in [1.29, 1.82) is 0 Å². The van der Waals surface area contributed by atoms with Crippen LogP contribution in [0.15, 0.2) is 10.2 Å². The van der Waals surface area contributed by atoms with Crippen molar-refractivity contribution >= 4 is 16.8 Å². The van der Waals surface area contributed by atoms with Gasteiger partial charge in [-0.05, 0) is 39.3 Å². The number of carbonyl (C=O) groups excluding carboxylic acids is 1. The number of hydrogen-bond acceptors (Lipinski definition) is 4. The van der Waals surface area contributed by atoms with Gasteiger partial charge in [0, 0.05) is 20.0 Å². The van der Waals surface area contributed by atoms with Crippen molar-refractivity contribution in [2.24, 2.45) is 10.2 Å². The Labute approximate surface area is 96.0 Å². The molecule has 0 saturated heterocycles. The largest absolute Gasteiger partial charge is 0.356 e. The highest BCUT2D eigenvalue weighted by molar-refractivity contribution is 6.63. The Balaban J connectivity index is 4.43. The molecular weight excluding hydrogens is 216 g/mol. The molecule has 0 heterocycles. The lowest BCUT2D eigenvalue weighted by Gasteiger charge is -2.23. The second-order valence-electron chi connectivity index (χ2n) is 4.61. The molecular formula is C10H19ClN2O2. The predicted molar refractivity (Wildman–Crippen MR) is 60.1 cm³/mol. The molecule has 5 heteroatoms. The summed E-state index contributed by atoms with van der Waals surface area (Å²) in [5.41, 5.74) is -1.01. The summed E-state index contributed by atoms with van der Waals surface area (Å²) in [6.07, 6.45) is 0.667. The number of hydrogen-bond donors (Lipinski definition) is 0. The fraction of sp³-hybridized carbons (Fsp3) is 0.900. The first-order valence-corrected chi connectivity index (χ1v) is 5.24. The monoisotopic (exact) mass is 234 g/mol. The molecule has 0 rings (SSSR count). The molecule has 1 unspecified atom stereocenters. The Morgan fingerprint density at radius 3 is 2.13 bits per heavy atom. The molecule has 15 heavy (non-hydrogen) atoms. The van der Waals surface area contributed by atoms with Crippen LogP contribution in [-0.2, 0) is 9.53 Å². The van der Waals surface area contributed by atoms with Gasteiger partial charge in [-0.25, -0.2) is 0 Å². The van der Waals surface area contributed by atoms with Gasteiger partial charge in [0.1, 0.15) is 0 Å². The van der Waals surface area contributed by atoms with Gasteiger partial charge in [-0.1, -0.05) is 0 Å². The van der Waals surface area contributed by atoms with Gasteiger partial charge < -0.3 is 4.74 Å². The standard InChI is InChI=1S/C10H19ClN2O2/c1-9(2,3)12-13-10(4,15-5)7-6-8(11)14/h6-7H2,1-5H3. The highest BCUT2D eigenvalue weighted by Crippen LogP contribution is 2.22. The van der Waals surface area contributed by atoms with E-state index in [2.05, 4.69) is 10.2 Å². The van der Waals surface area contributed by atoms with Gasteiger partial charge in [0.25, 0.3) is 0 Å². The summed E-state index contributed by atoms with van der Waals surface area (Å²) in [5, 5.41) is 7.85. The van der Waals surface area contributed by atoms with Crippen molar-refractivity contribution in [2.75, 3.05) is 7.11 Å². The zero-order chi connectivity index (χ0) is 12.1. The maximum absolute atomic E-state index is 10.6. The molecule has 0 aliphatic heterocycles. The summed E-state index contributed by atoms with van der Waals surface area (Å²) < 4.78 is 5.21. The first-order chi connectivity index (χ1) is 6.68. The van der Waals surface area contributed by atoms with Gasteiger partial charge in [-0.15, -0.1) is 0 Å². The predicted octanol–water partition coefficient (Wildman–Crippen LogP) is 3.15. The third kappa shape index (κ3) is 7.45. The first kappa shape index (κ1) is 14.5. The van der Waals surface area contributed by atoms with E-state index in [1.807, 2.05) is 20.8 Å². The quantitative estimate of drug-likeness (QED) is 0.542. The Morgan fingerprint density at radius 2 is 1.80 bits per heavy atom. The molecule has 0 aromatic rings. The van der Waals surface area contributed by atoms with E-state index in [1.54, 1.807) is 14.0 Å². The van der Waals surface area contributed by atoms with Crippen molar-refractivity contribution in [1.82, 2.24) is 0 Å². The van der Waals surface area contributed by atoms with E-state index in [9.17, 15) is 4.79 Å². The Morgan fingerprint density at radius 1 is 1.27 bits per heavy atom. The molecule has 0 spiro atoms. The number of carbonyl (C=O) groups is 1. The van der Waals surface area contributed by atoms with Crippen LogP contribution < -0.4 is 0 Å². The number of halogens is 1. The zero-order valence-corrected chi connectivity index (χ0v) is 10.8. The minimum Gasteiger partial charge on any atom is -0.356 e. The summed E-state index contributed by atoms with van der Waals surface area (Å²) in [5.74, 6) is 0. The van der Waals surface area contributed by atoms with Gasteiger partial charge in [-0.2, -0.15) is 10.2 Å². The number of ether oxygens (including phenoxy) is 1. The van der Waals surface area contributed by atoms with Gasteiger partial charge >= 0.3 is 0 Å². The lowest BCUT2D eigenvalue weighted by atomic mass is 10.1. The molecule has 0 aromatic heterocycles. The molecule has 88 valence electrons. The van der Waals surface area contributed by atoms with Crippen LogP contribution in [0.4, 0.5) is 0 Å². The molecule has 0 aliphatic carbocycles. The summed E-state index contributed by atoms with van der Waals surface area (Å²) in [7, 11) is 1.54. The number of rotatable bonds is 5. The molecule has 0 aromatic carbocycles. The number of methoxy groups -OCH3 is 1. The second kappa shape index (κ2) is 5.56. The van der Waals surface area contributed by atoms with Crippen LogP contribution in [0, 0.1) is 0 Å². The second-order valence-corrected chi connectivity index (χ2v) is 5.03. The topological polar surface area (TPSA) is 51.0 Å². The molecule has 0 amide bonds. The van der Waals surface area contributed by atoms with Crippen LogP contribution in [-0.4, -0.2) is 23.6 Å². The lowest BCUT2D eigenvalue weighted by Crippen LogP contribution is -2.26. The van der Waals surface area contributed by atoms with Crippen LogP contribution in [0.3, 0.4) is 0 Å². The Kier molecular flexibility index (Phi) is 5.38. The van der Waals surface area contributed by atoms with Crippen molar-refractivity contribution in [3.8, 4) is 0 Å². The van der Waals surface area contributed by atoms with E-state index >= 15 is 0 Å². The Hall–Kier alpha value is -0.480. The van der Waals surface area contributed by atoms with E-state index in [4.69, 9.17) is 16.3 Å². The van der Waals surface area contributed by atoms with Crippen molar-refractivity contribution in [3.05, 3.63) is 0 Å². The van der Waals surface area contributed by atoms with Crippen LogP contribution in [0.25, 0.3) is 0 Å². The van der Waals surface area contributed by atoms with E-state index in [1.165, 1.54) is 0 Å². The molecule has 0 fully saturated rings. The lowest BCUT2D eigenvalue weighted by molar-refractivity contribution is -0.113.